The lowest BCUT2D eigenvalue weighted by Gasteiger charge is -2.41. The van der Waals surface area contributed by atoms with Gasteiger partial charge in [-0.25, -0.2) is 0 Å². The molecule has 2 atom stereocenters. The van der Waals surface area contributed by atoms with E-state index in [0.717, 1.165) is 42.6 Å². The first-order valence-electron chi connectivity index (χ1n) is 11.0. The molecule has 164 valence electrons. The summed E-state index contributed by atoms with van der Waals surface area (Å²) >= 11 is 0. The van der Waals surface area contributed by atoms with Crippen molar-refractivity contribution in [3.05, 3.63) is 23.8 Å². The Labute approximate surface area is 178 Å². The summed E-state index contributed by atoms with van der Waals surface area (Å²) in [5.74, 6) is -0.333. The quantitative estimate of drug-likeness (QED) is 0.605. The molecule has 1 heterocycles. The van der Waals surface area contributed by atoms with Crippen LogP contribution < -0.4 is 15.1 Å². The number of nitrogens with one attached hydrogen (secondary N) is 1. The second kappa shape index (κ2) is 9.60. The van der Waals surface area contributed by atoms with Crippen molar-refractivity contribution in [3.8, 4) is 0 Å². The molecule has 7 heteroatoms. The minimum Gasteiger partial charge on any atom is -0.481 e. The van der Waals surface area contributed by atoms with E-state index in [1.807, 2.05) is 24.0 Å². The van der Waals surface area contributed by atoms with Crippen molar-refractivity contribution in [2.45, 2.75) is 64.8 Å². The van der Waals surface area contributed by atoms with Gasteiger partial charge in [0.25, 0.3) is 0 Å². The summed E-state index contributed by atoms with van der Waals surface area (Å²) in [7, 11) is 0. The lowest BCUT2D eigenvalue weighted by Crippen LogP contribution is -2.51. The van der Waals surface area contributed by atoms with Crippen LogP contribution in [-0.4, -0.2) is 48.6 Å². The summed E-state index contributed by atoms with van der Waals surface area (Å²) in [5, 5.41) is 12.1. The number of fused-ring (bicyclic) bond motifs is 1. The third-order valence-electron chi connectivity index (χ3n) is 5.98. The summed E-state index contributed by atoms with van der Waals surface area (Å²) in [6.07, 6.45) is 3.95. The van der Waals surface area contributed by atoms with Gasteiger partial charge in [-0.1, -0.05) is 19.4 Å². The number of aliphatic carboxylic acids is 1. The van der Waals surface area contributed by atoms with Crippen molar-refractivity contribution < 1.29 is 19.5 Å². The number of rotatable bonds is 9. The predicted molar refractivity (Wildman–Crippen MR) is 117 cm³/mol. The van der Waals surface area contributed by atoms with Gasteiger partial charge in [-0.15, -0.1) is 0 Å². The number of benzene rings is 1. The van der Waals surface area contributed by atoms with Gasteiger partial charge in [0, 0.05) is 32.5 Å². The molecule has 3 rings (SSSR count). The van der Waals surface area contributed by atoms with E-state index in [9.17, 15) is 14.4 Å². The Kier molecular flexibility index (Phi) is 7.13. The molecule has 2 unspecified atom stereocenters. The lowest BCUT2D eigenvalue weighted by molar-refractivity contribution is -0.136. The molecule has 0 bridgehead atoms. The van der Waals surface area contributed by atoms with Crippen LogP contribution in [0.1, 0.15) is 64.4 Å². The number of nitrogens with zero attached hydrogens (tertiary/aromatic N) is 2. The molecule has 1 fully saturated rings. The highest BCUT2D eigenvalue weighted by molar-refractivity contribution is 6.05. The molecule has 30 heavy (non-hydrogen) atoms. The summed E-state index contributed by atoms with van der Waals surface area (Å²) in [6, 6.07) is 6.02. The summed E-state index contributed by atoms with van der Waals surface area (Å²) in [6.45, 7) is 7.31. The Morgan fingerprint density at radius 3 is 2.57 bits per heavy atom. The van der Waals surface area contributed by atoms with Gasteiger partial charge in [-0.05, 0) is 49.8 Å². The fraction of sp³-hybridized carbons (Fsp3) is 0.609. The number of anilines is 2. The molecule has 0 radical (unpaired) electrons. The van der Waals surface area contributed by atoms with E-state index in [1.165, 1.54) is 0 Å². The van der Waals surface area contributed by atoms with Gasteiger partial charge in [-0.2, -0.15) is 0 Å². The van der Waals surface area contributed by atoms with Crippen molar-refractivity contribution in [1.82, 2.24) is 5.32 Å². The maximum Gasteiger partial charge on any atom is 0.304 e. The van der Waals surface area contributed by atoms with Gasteiger partial charge in [-0.3, -0.25) is 14.4 Å². The van der Waals surface area contributed by atoms with Gasteiger partial charge < -0.3 is 20.2 Å². The van der Waals surface area contributed by atoms with E-state index in [-0.39, 0.29) is 36.1 Å². The zero-order valence-corrected chi connectivity index (χ0v) is 18.2. The second-order valence-corrected chi connectivity index (χ2v) is 8.54. The highest BCUT2D eigenvalue weighted by Gasteiger charge is 2.39. The maximum atomic E-state index is 13.0. The SMILES string of the molecule is CCCC(CNCCC(=O)O)c1ccc2c(c1)N(C(=O)C1CC1)CC(C)N2C(C)=O. The van der Waals surface area contributed by atoms with E-state index in [2.05, 4.69) is 18.3 Å². The minimum atomic E-state index is -0.809. The number of amides is 2. The van der Waals surface area contributed by atoms with Crippen LogP contribution in [0.25, 0.3) is 0 Å². The van der Waals surface area contributed by atoms with Crippen LogP contribution >= 0.6 is 0 Å². The van der Waals surface area contributed by atoms with Crippen molar-refractivity contribution in [1.29, 1.82) is 0 Å². The van der Waals surface area contributed by atoms with Crippen LogP contribution in [0, 0.1) is 5.92 Å². The third-order valence-corrected chi connectivity index (χ3v) is 5.98. The molecule has 2 aliphatic rings. The maximum absolute atomic E-state index is 13.0. The molecular weight excluding hydrogens is 382 g/mol. The Morgan fingerprint density at radius 1 is 1.23 bits per heavy atom. The standard InChI is InChI=1S/C23H33N3O4/c1-4-5-19(13-24-11-10-22(28)29)18-8-9-20-21(12-18)25(23(30)17-6-7-17)14-15(2)26(20)16(3)27/h8-9,12,15,17,19,24H,4-7,10-11,13-14H2,1-3H3,(H,28,29). The number of hydrogen-bond donors (Lipinski definition) is 2. The normalized spacial score (nSPS) is 19.4. The summed E-state index contributed by atoms with van der Waals surface area (Å²) < 4.78 is 0. The largest absolute Gasteiger partial charge is 0.481 e. The monoisotopic (exact) mass is 415 g/mol. The van der Waals surface area contributed by atoms with Crippen molar-refractivity contribution in [3.63, 3.8) is 0 Å². The zero-order valence-electron chi connectivity index (χ0n) is 18.2. The highest BCUT2D eigenvalue weighted by Crippen LogP contribution is 2.41. The van der Waals surface area contributed by atoms with Crippen LogP contribution in [0.4, 0.5) is 11.4 Å². The molecule has 2 amide bonds. The molecule has 1 aromatic carbocycles. The molecule has 0 spiro atoms. The molecule has 2 N–H and O–H groups in total. The molecule has 1 aliphatic carbocycles. The number of carboxylic acids is 1. The van der Waals surface area contributed by atoms with Crippen molar-refractivity contribution in [2.24, 2.45) is 5.92 Å². The van der Waals surface area contributed by atoms with Crippen molar-refractivity contribution in [2.75, 3.05) is 29.4 Å². The number of carbonyl (C=O) groups excluding carboxylic acids is 2. The van der Waals surface area contributed by atoms with Gasteiger partial charge in [0.1, 0.15) is 0 Å². The molecule has 0 aromatic heterocycles. The molecule has 7 nitrogen and oxygen atoms in total. The van der Waals surface area contributed by atoms with Crippen LogP contribution in [0.2, 0.25) is 0 Å². The Bertz CT molecular complexity index is 806. The first-order chi connectivity index (χ1) is 14.3. The Morgan fingerprint density at radius 2 is 1.97 bits per heavy atom. The number of carboxylic acid groups (broad SMARTS) is 1. The van der Waals surface area contributed by atoms with Crippen LogP contribution in [0.15, 0.2) is 18.2 Å². The van der Waals surface area contributed by atoms with E-state index in [1.54, 1.807) is 11.8 Å². The fourth-order valence-corrected chi connectivity index (χ4v) is 4.34. The van der Waals surface area contributed by atoms with Crippen molar-refractivity contribution >= 4 is 29.2 Å². The summed E-state index contributed by atoms with van der Waals surface area (Å²) in [4.78, 5) is 39.7. The van der Waals surface area contributed by atoms with E-state index in [0.29, 0.717) is 19.6 Å². The van der Waals surface area contributed by atoms with Crippen LogP contribution in [0.5, 0.6) is 0 Å². The van der Waals surface area contributed by atoms with E-state index in [4.69, 9.17) is 5.11 Å². The third kappa shape index (κ3) is 5.01. The van der Waals surface area contributed by atoms with Gasteiger partial charge in [0.2, 0.25) is 11.8 Å². The van der Waals surface area contributed by atoms with Gasteiger partial charge >= 0.3 is 5.97 Å². The van der Waals surface area contributed by atoms with Gasteiger partial charge in [0.15, 0.2) is 0 Å². The smallest absolute Gasteiger partial charge is 0.304 e. The molecular formula is C23H33N3O4. The first kappa shape index (κ1) is 22.3. The van der Waals surface area contributed by atoms with E-state index < -0.39 is 5.97 Å². The predicted octanol–water partition coefficient (Wildman–Crippen LogP) is 3.13. The van der Waals surface area contributed by atoms with Crippen LogP contribution in [0.3, 0.4) is 0 Å². The lowest BCUT2D eigenvalue weighted by atomic mass is 9.92. The fourth-order valence-electron chi connectivity index (χ4n) is 4.34. The zero-order chi connectivity index (χ0) is 21.8. The molecule has 0 saturated heterocycles. The highest BCUT2D eigenvalue weighted by atomic mass is 16.4. The molecule has 1 aromatic rings. The Hall–Kier alpha value is -2.41. The average molecular weight is 416 g/mol. The van der Waals surface area contributed by atoms with Crippen LogP contribution in [-0.2, 0) is 14.4 Å². The topological polar surface area (TPSA) is 89.9 Å². The first-order valence-corrected chi connectivity index (χ1v) is 11.0. The van der Waals surface area contributed by atoms with E-state index >= 15 is 0 Å². The molecule has 1 saturated carbocycles. The average Bonchev–Trinajstić information content (AvgIpc) is 3.53. The van der Waals surface area contributed by atoms with Gasteiger partial charge in [0.05, 0.1) is 23.8 Å². The number of hydrogen-bond acceptors (Lipinski definition) is 4. The Balaban J connectivity index is 1.89. The molecule has 1 aliphatic heterocycles. The summed E-state index contributed by atoms with van der Waals surface area (Å²) in [5.41, 5.74) is 2.74. The minimum absolute atomic E-state index is 0.0181. The second-order valence-electron chi connectivity index (χ2n) is 8.54. The number of carbonyl (C=O) groups is 3.